The van der Waals surface area contributed by atoms with Crippen molar-refractivity contribution in [1.82, 2.24) is 0 Å². The highest BCUT2D eigenvalue weighted by Gasteiger charge is 2.42. The summed E-state index contributed by atoms with van der Waals surface area (Å²) >= 11 is 0. The van der Waals surface area contributed by atoms with E-state index in [0.717, 1.165) is 38.5 Å². The Morgan fingerprint density at radius 3 is 1.27 bits per heavy atom. The average molecular weight is 599 g/mol. The van der Waals surface area contributed by atoms with Gasteiger partial charge in [0.25, 0.3) is 0 Å². The molecule has 0 amide bonds. The van der Waals surface area contributed by atoms with Crippen molar-refractivity contribution >= 4 is 25.0 Å². The fourth-order valence-corrected chi connectivity index (χ4v) is 6.78. The van der Waals surface area contributed by atoms with Gasteiger partial charge in [0, 0.05) is 12.8 Å². The first-order valence-electron chi connectivity index (χ1n) is 17.5. The molecule has 0 radical (unpaired) electrons. The van der Waals surface area contributed by atoms with E-state index in [4.69, 9.17) is 4.74 Å². The van der Waals surface area contributed by atoms with Crippen LogP contribution in [0.1, 0.15) is 175 Å². The SMILES string of the molecule is CCCCCCCCCCCCCC(=O)O/C(C(C(=O)CCCCCCCCCCCCC)[N+](C)(C)C)=[P+](/[O-])CC. The van der Waals surface area contributed by atoms with E-state index < -0.39 is 13.8 Å². The predicted octanol–water partition coefficient (Wildman–Crippen LogP) is 9.48. The van der Waals surface area contributed by atoms with Gasteiger partial charge in [-0.2, -0.15) is 0 Å². The largest absolute Gasteiger partial charge is 0.628 e. The quantitative estimate of drug-likeness (QED) is 0.0372. The van der Waals surface area contributed by atoms with E-state index in [1.807, 2.05) is 28.1 Å². The molecule has 0 aromatic heterocycles. The Kier molecular flexibility index (Phi) is 26.3. The van der Waals surface area contributed by atoms with Gasteiger partial charge in [0.05, 0.1) is 21.1 Å². The number of carbonyl (C=O) groups excluding carboxylic acids is 2. The number of carbonyl (C=O) groups is 2. The highest BCUT2D eigenvalue weighted by atomic mass is 31.1. The maximum atomic E-state index is 13.4. The van der Waals surface area contributed by atoms with E-state index in [0.29, 0.717) is 23.5 Å². The van der Waals surface area contributed by atoms with E-state index in [1.54, 1.807) is 0 Å². The minimum atomic E-state index is -1.89. The summed E-state index contributed by atoms with van der Waals surface area (Å²) in [6.45, 7) is 6.33. The number of rotatable bonds is 29. The van der Waals surface area contributed by atoms with Gasteiger partial charge < -0.3 is 14.1 Å². The number of ether oxygens (including phenoxy) is 1. The molecule has 0 aromatic carbocycles. The van der Waals surface area contributed by atoms with E-state index in [-0.39, 0.29) is 17.2 Å². The molecule has 0 N–H and O–H groups in total. The molecule has 5 nitrogen and oxygen atoms in total. The van der Waals surface area contributed by atoms with Crippen molar-refractivity contribution in [2.75, 3.05) is 27.3 Å². The number of ketones is 1. The molecule has 0 aliphatic carbocycles. The summed E-state index contributed by atoms with van der Waals surface area (Å²) in [7, 11) is 3.90. The molecule has 0 rings (SSSR count). The van der Waals surface area contributed by atoms with Gasteiger partial charge in [0.15, 0.2) is 0 Å². The molecule has 0 aliphatic rings. The summed E-state index contributed by atoms with van der Waals surface area (Å²) in [5.41, 5.74) is 0.205. The Hall–Kier alpha value is -0.770. The molecule has 0 aliphatic heterocycles. The third-order valence-electron chi connectivity index (χ3n) is 8.08. The number of Topliss-reactive ketones (excluding diaryl/α,β-unsaturated/α-hetero) is 1. The van der Waals surface area contributed by atoms with Gasteiger partial charge in [-0.15, -0.1) is 0 Å². The number of likely N-dealkylation sites (N-methyl/N-ethyl adjacent to an activating group) is 1. The van der Waals surface area contributed by atoms with Crippen LogP contribution in [0.5, 0.6) is 0 Å². The minimum absolute atomic E-state index is 0.0442. The van der Waals surface area contributed by atoms with Gasteiger partial charge in [0.1, 0.15) is 13.9 Å². The second-order valence-corrected chi connectivity index (χ2v) is 14.9. The normalized spacial score (nSPS) is 13.2. The molecule has 0 saturated carbocycles. The van der Waals surface area contributed by atoms with Crippen molar-refractivity contribution in [3.63, 3.8) is 0 Å². The van der Waals surface area contributed by atoms with Crippen LogP contribution in [0.3, 0.4) is 0 Å². The summed E-state index contributed by atoms with van der Waals surface area (Å²) < 4.78 is 6.06. The van der Waals surface area contributed by atoms with Crippen molar-refractivity contribution in [2.24, 2.45) is 0 Å². The molecule has 0 spiro atoms. The first-order chi connectivity index (χ1) is 19.7. The number of quaternary nitrogens is 1. The summed E-state index contributed by atoms with van der Waals surface area (Å²) in [5, 5.41) is 0. The molecule has 0 saturated heterocycles. The van der Waals surface area contributed by atoms with Gasteiger partial charge in [-0.05, 0) is 19.8 Å². The second kappa shape index (κ2) is 26.8. The molecule has 0 heterocycles. The smallest absolute Gasteiger partial charge is 0.339 e. The lowest BCUT2D eigenvalue weighted by molar-refractivity contribution is -0.876. The van der Waals surface area contributed by atoms with Crippen molar-refractivity contribution in [2.45, 2.75) is 181 Å². The monoisotopic (exact) mass is 598 g/mol. The third-order valence-corrected chi connectivity index (χ3v) is 9.48. The lowest BCUT2D eigenvalue weighted by atomic mass is 10.0. The maximum absolute atomic E-state index is 13.4. The first-order valence-corrected chi connectivity index (χ1v) is 19.0. The van der Waals surface area contributed by atoms with Crippen LogP contribution in [0, 0.1) is 0 Å². The number of esters is 1. The number of hydrogen-bond donors (Lipinski definition) is 0. The van der Waals surface area contributed by atoms with E-state index >= 15 is 0 Å². The van der Waals surface area contributed by atoms with Gasteiger partial charge in [-0.25, -0.2) is 0 Å². The third kappa shape index (κ3) is 22.4. The Morgan fingerprint density at radius 2 is 0.927 bits per heavy atom. The van der Waals surface area contributed by atoms with Gasteiger partial charge >= 0.3 is 11.4 Å². The highest BCUT2D eigenvalue weighted by molar-refractivity contribution is 7.51. The second-order valence-electron chi connectivity index (χ2n) is 13.1. The summed E-state index contributed by atoms with van der Waals surface area (Å²) in [6.07, 6.45) is 28.2. The lowest BCUT2D eigenvalue weighted by Crippen LogP contribution is -2.55. The fourth-order valence-electron chi connectivity index (χ4n) is 5.50. The van der Waals surface area contributed by atoms with Crippen molar-refractivity contribution in [3.05, 3.63) is 0 Å². The van der Waals surface area contributed by atoms with Crippen molar-refractivity contribution in [1.29, 1.82) is 0 Å². The molecule has 2 atom stereocenters. The minimum Gasteiger partial charge on any atom is -0.628 e. The number of hydrogen-bond acceptors (Lipinski definition) is 4. The predicted molar refractivity (Wildman–Crippen MR) is 178 cm³/mol. The van der Waals surface area contributed by atoms with Crippen molar-refractivity contribution in [3.8, 4) is 0 Å². The standard InChI is InChI=1S/C35H69NO4P/c1-7-10-12-14-16-18-20-22-24-26-28-30-32(37)34(36(4,5)6)35(41(39)9-3)40-33(38)31-29-27-25-23-21-19-17-15-13-11-8-2/h34H,7-31H2,1-6H3/q+1. The molecular formula is C35H69NO4P+. The lowest BCUT2D eigenvalue weighted by Gasteiger charge is -2.32. The Labute approximate surface area is 256 Å². The zero-order valence-corrected chi connectivity index (χ0v) is 29.2. The van der Waals surface area contributed by atoms with Crippen LogP contribution in [-0.4, -0.2) is 55.1 Å². The van der Waals surface area contributed by atoms with Crippen LogP contribution in [0.2, 0.25) is 0 Å². The van der Waals surface area contributed by atoms with Crippen LogP contribution in [0.25, 0.3) is 0 Å². The number of unbranched alkanes of at least 4 members (excludes halogenated alkanes) is 20. The highest BCUT2D eigenvalue weighted by Crippen LogP contribution is 2.24. The molecule has 0 fully saturated rings. The Bertz CT molecular complexity index is 686. The molecular weight excluding hydrogens is 529 g/mol. The number of nitrogens with zero attached hydrogens (tertiary/aromatic N) is 1. The fraction of sp³-hybridized carbons (Fsp3) is 0.914. The van der Waals surface area contributed by atoms with E-state index in [1.165, 1.54) is 103 Å². The summed E-state index contributed by atoms with van der Waals surface area (Å²) in [5.74, 6) is -0.295. The average Bonchev–Trinajstić information content (AvgIpc) is 2.93. The molecule has 0 bridgehead atoms. The topological polar surface area (TPSA) is 66.4 Å². The zero-order valence-electron chi connectivity index (χ0n) is 28.3. The molecule has 6 heteroatoms. The van der Waals surface area contributed by atoms with Gasteiger partial charge in [0.2, 0.25) is 11.8 Å². The maximum Gasteiger partial charge on any atom is 0.339 e. The summed E-state index contributed by atoms with van der Waals surface area (Å²) in [4.78, 5) is 39.2. The van der Waals surface area contributed by atoms with Crippen LogP contribution in [0.15, 0.2) is 0 Å². The molecule has 2 unspecified atom stereocenters. The van der Waals surface area contributed by atoms with Gasteiger partial charge in [-0.1, -0.05) is 142 Å². The van der Waals surface area contributed by atoms with E-state index in [9.17, 15) is 14.5 Å². The first kappa shape index (κ1) is 40.2. The molecule has 242 valence electrons. The van der Waals surface area contributed by atoms with Crippen LogP contribution in [0.4, 0.5) is 0 Å². The molecule has 0 aromatic rings. The van der Waals surface area contributed by atoms with Crippen LogP contribution < -0.4 is 4.89 Å². The Morgan fingerprint density at radius 1 is 0.585 bits per heavy atom. The zero-order chi connectivity index (χ0) is 30.8. The van der Waals surface area contributed by atoms with Crippen LogP contribution in [-0.2, 0) is 14.3 Å². The van der Waals surface area contributed by atoms with E-state index in [2.05, 4.69) is 13.8 Å². The summed E-state index contributed by atoms with van der Waals surface area (Å²) in [6, 6.07) is -0.664. The van der Waals surface area contributed by atoms with Crippen molar-refractivity contribution < 1.29 is 23.7 Å². The van der Waals surface area contributed by atoms with Crippen LogP contribution >= 0.6 is 7.77 Å². The van der Waals surface area contributed by atoms with Gasteiger partial charge in [-0.3, -0.25) is 9.59 Å². The Balaban J connectivity index is 4.52. The molecule has 41 heavy (non-hydrogen) atoms.